The third-order valence-corrected chi connectivity index (χ3v) is 9.34. The third kappa shape index (κ3) is 9.83. The van der Waals surface area contributed by atoms with Crippen molar-refractivity contribution in [1.82, 2.24) is 9.80 Å². The number of morpholine rings is 2. The van der Waals surface area contributed by atoms with E-state index >= 15 is 0 Å². The minimum atomic E-state index is 0.0324. The molecule has 0 atom stereocenters. The Kier molecular flexibility index (Phi) is 12.4. The number of hydrogen-bond donors (Lipinski definition) is 0. The number of rotatable bonds is 12. The molecule has 0 spiro atoms. The van der Waals surface area contributed by atoms with Crippen molar-refractivity contribution in [3.63, 3.8) is 0 Å². The van der Waals surface area contributed by atoms with Gasteiger partial charge in [0, 0.05) is 50.4 Å². The molecule has 5 rings (SSSR count). The van der Waals surface area contributed by atoms with Crippen LogP contribution in [-0.4, -0.2) is 109 Å². The molecule has 0 bridgehead atoms. The van der Waals surface area contributed by atoms with Gasteiger partial charge in [-0.15, -0.1) is 0 Å². The Balaban J connectivity index is 1.30. The number of carbonyl (C=O) groups excluding carboxylic acids is 1. The van der Waals surface area contributed by atoms with E-state index in [0.717, 1.165) is 101 Å². The van der Waals surface area contributed by atoms with Gasteiger partial charge in [0.2, 0.25) is 0 Å². The molecule has 2 aromatic carbocycles. The highest BCUT2D eigenvalue weighted by Gasteiger charge is 2.34. The SMILES string of the molecule is COc1cc(/C=C2\CC(C(C)(C)C)C/C(=C\c3ccc(OCCN4CCOCC4)c(OC)c3)C2=O)ccc1OCCN1CCOCC1. The van der Waals surface area contributed by atoms with Crippen LogP contribution in [0.4, 0.5) is 0 Å². The first-order valence-electron chi connectivity index (χ1n) is 16.9. The number of ketones is 1. The van der Waals surface area contributed by atoms with Crippen LogP contribution in [0.5, 0.6) is 23.0 Å². The van der Waals surface area contributed by atoms with Crippen molar-refractivity contribution in [2.24, 2.45) is 11.3 Å². The summed E-state index contributed by atoms with van der Waals surface area (Å²) in [5, 5.41) is 0. The van der Waals surface area contributed by atoms with Crippen LogP contribution in [0.25, 0.3) is 12.2 Å². The molecule has 2 saturated heterocycles. The maximum absolute atomic E-state index is 14.0. The molecule has 2 heterocycles. The van der Waals surface area contributed by atoms with Crippen LogP contribution in [0.1, 0.15) is 44.7 Å². The summed E-state index contributed by atoms with van der Waals surface area (Å²) >= 11 is 0. The van der Waals surface area contributed by atoms with Crippen molar-refractivity contribution in [2.75, 3.05) is 93.1 Å². The second-order valence-corrected chi connectivity index (χ2v) is 13.6. The van der Waals surface area contributed by atoms with Crippen LogP contribution in [0.15, 0.2) is 47.5 Å². The first-order valence-corrected chi connectivity index (χ1v) is 16.9. The lowest BCUT2D eigenvalue weighted by Crippen LogP contribution is -2.38. The molecule has 47 heavy (non-hydrogen) atoms. The van der Waals surface area contributed by atoms with Crippen molar-refractivity contribution >= 4 is 17.9 Å². The third-order valence-electron chi connectivity index (χ3n) is 9.34. The lowest BCUT2D eigenvalue weighted by Gasteiger charge is -2.35. The summed E-state index contributed by atoms with van der Waals surface area (Å²) in [6, 6.07) is 11.8. The van der Waals surface area contributed by atoms with Crippen LogP contribution < -0.4 is 18.9 Å². The first-order chi connectivity index (χ1) is 22.7. The van der Waals surface area contributed by atoms with Gasteiger partial charge in [-0.3, -0.25) is 14.6 Å². The minimum absolute atomic E-state index is 0.0324. The summed E-state index contributed by atoms with van der Waals surface area (Å²) in [4.78, 5) is 18.6. The Hall–Kier alpha value is -3.37. The molecule has 0 amide bonds. The van der Waals surface area contributed by atoms with E-state index in [1.54, 1.807) is 14.2 Å². The van der Waals surface area contributed by atoms with E-state index in [9.17, 15) is 4.79 Å². The number of ether oxygens (including phenoxy) is 6. The van der Waals surface area contributed by atoms with Crippen LogP contribution in [0.3, 0.4) is 0 Å². The molecule has 1 saturated carbocycles. The zero-order chi connectivity index (χ0) is 33.2. The highest BCUT2D eigenvalue weighted by molar-refractivity contribution is 6.14. The molecular weight excluding hydrogens is 596 g/mol. The van der Waals surface area contributed by atoms with Gasteiger partial charge in [0.25, 0.3) is 0 Å². The summed E-state index contributed by atoms with van der Waals surface area (Å²) in [6.07, 6.45) is 5.47. The molecule has 9 heteroatoms. The molecule has 0 radical (unpaired) electrons. The number of benzene rings is 2. The van der Waals surface area contributed by atoms with Crippen molar-refractivity contribution < 1.29 is 33.2 Å². The second kappa shape index (κ2) is 16.6. The molecule has 3 aliphatic rings. The molecule has 256 valence electrons. The summed E-state index contributed by atoms with van der Waals surface area (Å²) in [5.41, 5.74) is 3.48. The van der Waals surface area contributed by atoms with Gasteiger partial charge in [-0.25, -0.2) is 0 Å². The Labute approximate surface area is 280 Å². The Morgan fingerprint density at radius 2 is 1.13 bits per heavy atom. The molecule has 0 unspecified atom stereocenters. The standard InChI is InChI=1S/C38H52N2O7/c1-38(2,3)32-26-30(22-28-6-8-33(35(24-28)42-4)46-20-14-39-10-16-44-17-11-39)37(41)31(27-32)23-29-7-9-34(36(25-29)43-5)47-21-15-40-12-18-45-19-13-40/h6-9,22-25,32H,10-21,26-27H2,1-5H3/b30-22+,31-23+. The molecule has 0 N–H and O–H groups in total. The topological polar surface area (TPSA) is 78.9 Å². The van der Waals surface area contributed by atoms with Gasteiger partial charge in [-0.05, 0) is 71.7 Å². The lowest BCUT2D eigenvalue weighted by atomic mass is 9.68. The highest BCUT2D eigenvalue weighted by atomic mass is 16.5. The fourth-order valence-electron chi connectivity index (χ4n) is 6.26. The zero-order valence-electron chi connectivity index (χ0n) is 28.8. The highest BCUT2D eigenvalue weighted by Crippen LogP contribution is 2.42. The Bertz CT molecular complexity index is 1300. The summed E-state index contributed by atoms with van der Waals surface area (Å²) in [6.45, 7) is 16.4. The van der Waals surface area contributed by atoms with E-state index in [-0.39, 0.29) is 11.2 Å². The van der Waals surface area contributed by atoms with Crippen molar-refractivity contribution in [3.8, 4) is 23.0 Å². The average molecular weight is 649 g/mol. The number of carbonyl (C=O) groups is 1. The summed E-state index contributed by atoms with van der Waals surface area (Å²) in [5.74, 6) is 3.12. The zero-order valence-corrected chi connectivity index (χ0v) is 28.8. The molecule has 1 aliphatic carbocycles. The van der Waals surface area contributed by atoms with Crippen molar-refractivity contribution in [2.45, 2.75) is 33.6 Å². The minimum Gasteiger partial charge on any atom is -0.493 e. The monoisotopic (exact) mass is 648 g/mol. The van der Waals surface area contributed by atoms with Gasteiger partial charge in [-0.2, -0.15) is 0 Å². The Morgan fingerprint density at radius 3 is 1.51 bits per heavy atom. The normalized spacial score (nSPS) is 21.6. The smallest absolute Gasteiger partial charge is 0.185 e. The van der Waals surface area contributed by atoms with Crippen molar-refractivity contribution in [3.05, 3.63) is 58.7 Å². The number of hydrogen-bond acceptors (Lipinski definition) is 9. The molecule has 2 aliphatic heterocycles. The fraction of sp³-hybridized carbons (Fsp3) is 0.553. The number of methoxy groups -OCH3 is 2. The van der Waals surface area contributed by atoms with Gasteiger partial charge in [0.1, 0.15) is 13.2 Å². The second-order valence-electron chi connectivity index (χ2n) is 13.6. The Morgan fingerprint density at radius 1 is 0.702 bits per heavy atom. The van der Waals surface area contributed by atoms with E-state index in [4.69, 9.17) is 28.4 Å². The molecule has 0 aromatic heterocycles. The summed E-state index contributed by atoms with van der Waals surface area (Å²) in [7, 11) is 3.30. The molecule has 3 fully saturated rings. The lowest BCUT2D eigenvalue weighted by molar-refractivity contribution is -0.113. The maximum atomic E-state index is 14.0. The van der Waals surface area contributed by atoms with Crippen LogP contribution in [0, 0.1) is 11.3 Å². The van der Waals surface area contributed by atoms with E-state index in [0.29, 0.717) is 42.1 Å². The maximum Gasteiger partial charge on any atom is 0.185 e. The predicted molar refractivity (Wildman–Crippen MR) is 185 cm³/mol. The molecular formula is C38H52N2O7. The van der Waals surface area contributed by atoms with Crippen LogP contribution >= 0.6 is 0 Å². The van der Waals surface area contributed by atoms with E-state index in [2.05, 4.69) is 30.6 Å². The number of nitrogens with zero attached hydrogens (tertiary/aromatic N) is 2. The van der Waals surface area contributed by atoms with Gasteiger partial charge in [0.05, 0.1) is 40.6 Å². The van der Waals surface area contributed by atoms with Gasteiger partial charge in [0.15, 0.2) is 28.8 Å². The average Bonchev–Trinajstić information content (AvgIpc) is 3.08. The number of Topliss-reactive ketones (excluding diaryl/α,β-unsaturated/α-hetero) is 1. The van der Waals surface area contributed by atoms with E-state index < -0.39 is 0 Å². The van der Waals surface area contributed by atoms with Crippen LogP contribution in [0.2, 0.25) is 0 Å². The summed E-state index contributed by atoms with van der Waals surface area (Å²) < 4.78 is 34.4. The van der Waals surface area contributed by atoms with Crippen molar-refractivity contribution in [1.29, 1.82) is 0 Å². The number of allylic oxidation sites excluding steroid dienone is 2. The van der Waals surface area contributed by atoms with E-state index in [1.165, 1.54) is 0 Å². The van der Waals surface area contributed by atoms with Gasteiger partial charge in [-0.1, -0.05) is 32.9 Å². The van der Waals surface area contributed by atoms with Crippen LogP contribution in [-0.2, 0) is 14.3 Å². The molecule has 9 nitrogen and oxygen atoms in total. The predicted octanol–water partition coefficient (Wildman–Crippen LogP) is 5.62. The first kappa shape index (κ1) is 35.0. The fourth-order valence-corrected chi connectivity index (χ4v) is 6.26. The van der Waals surface area contributed by atoms with Gasteiger partial charge >= 0.3 is 0 Å². The molecule has 2 aromatic rings. The quantitative estimate of drug-likeness (QED) is 0.273. The van der Waals surface area contributed by atoms with Gasteiger partial charge < -0.3 is 28.4 Å². The van der Waals surface area contributed by atoms with E-state index in [1.807, 2.05) is 48.6 Å². The largest absolute Gasteiger partial charge is 0.493 e.